The Hall–Kier alpha value is -0.380. The van der Waals surface area contributed by atoms with Crippen molar-refractivity contribution < 1.29 is 4.74 Å². The van der Waals surface area contributed by atoms with Gasteiger partial charge in [-0.05, 0) is 55.8 Å². The molecule has 3 heteroatoms. The van der Waals surface area contributed by atoms with Crippen LogP contribution in [0.4, 0.5) is 0 Å². The van der Waals surface area contributed by atoms with Gasteiger partial charge in [0.25, 0.3) is 0 Å². The third-order valence-corrected chi connectivity index (χ3v) is 4.91. The van der Waals surface area contributed by atoms with E-state index in [2.05, 4.69) is 52.9 Å². The van der Waals surface area contributed by atoms with Gasteiger partial charge >= 0.3 is 0 Å². The van der Waals surface area contributed by atoms with Gasteiger partial charge in [-0.3, -0.25) is 0 Å². The minimum absolute atomic E-state index is 0.713. The molecule has 0 saturated carbocycles. The zero-order valence-corrected chi connectivity index (χ0v) is 14.9. The number of likely N-dealkylation sites (tertiary alicyclic amines) is 1. The average Bonchev–Trinajstić information content (AvgIpc) is 2.46. The molecule has 0 aliphatic carbocycles. The molecule has 0 atom stereocenters. The molecule has 1 heterocycles. The minimum atomic E-state index is 0.713. The molecule has 1 aliphatic rings. The second-order valence-electron chi connectivity index (χ2n) is 6.36. The lowest BCUT2D eigenvalue weighted by Crippen LogP contribution is -2.36. The molecule has 1 fully saturated rings. The molecular formula is C18H27BrNO. The van der Waals surface area contributed by atoms with Crippen molar-refractivity contribution >= 4 is 15.9 Å². The van der Waals surface area contributed by atoms with Crippen LogP contribution in [0.25, 0.3) is 0 Å². The summed E-state index contributed by atoms with van der Waals surface area (Å²) in [5, 5.41) is 0. The van der Waals surface area contributed by atoms with E-state index in [9.17, 15) is 0 Å². The summed E-state index contributed by atoms with van der Waals surface area (Å²) in [5.41, 5.74) is 1.24. The summed E-state index contributed by atoms with van der Waals surface area (Å²) in [6, 6.07) is 8.29. The maximum atomic E-state index is 5.85. The zero-order chi connectivity index (χ0) is 15.1. The predicted octanol–water partition coefficient (Wildman–Crippen LogP) is 4.68. The third kappa shape index (κ3) is 6.09. The standard InChI is InChI=1S/C18H27BrNO/c1-15(2)13-20-10-7-16(8-11-20)9-12-21-14-17-5-3-4-6-18(17)19/h3-6,16H,7-14H2,1-2H3. The van der Waals surface area contributed by atoms with Crippen LogP contribution in [0.2, 0.25) is 0 Å². The third-order valence-electron chi connectivity index (χ3n) is 4.13. The normalized spacial score (nSPS) is 17.5. The van der Waals surface area contributed by atoms with Gasteiger partial charge in [0.05, 0.1) is 6.61 Å². The fraction of sp³-hybridized carbons (Fsp3) is 0.611. The first-order chi connectivity index (χ1) is 10.1. The van der Waals surface area contributed by atoms with Crippen molar-refractivity contribution in [1.29, 1.82) is 0 Å². The Bertz CT molecular complexity index is 413. The molecule has 21 heavy (non-hydrogen) atoms. The quantitative estimate of drug-likeness (QED) is 0.660. The van der Waals surface area contributed by atoms with Crippen LogP contribution in [0.3, 0.4) is 0 Å². The molecule has 2 rings (SSSR count). The molecule has 0 aromatic heterocycles. The molecule has 1 radical (unpaired) electrons. The van der Waals surface area contributed by atoms with Crippen molar-refractivity contribution in [1.82, 2.24) is 4.90 Å². The fourth-order valence-electron chi connectivity index (χ4n) is 2.93. The molecule has 0 spiro atoms. The van der Waals surface area contributed by atoms with Crippen molar-refractivity contribution in [3.05, 3.63) is 40.2 Å². The van der Waals surface area contributed by atoms with E-state index in [0.29, 0.717) is 6.61 Å². The predicted molar refractivity (Wildman–Crippen MR) is 92.2 cm³/mol. The number of hydrogen-bond acceptors (Lipinski definition) is 2. The number of hydrogen-bond donors (Lipinski definition) is 0. The molecule has 1 aliphatic heterocycles. The lowest BCUT2D eigenvalue weighted by Gasteiger charge is -2.32. The highest BCUT2D eigenvalue weighted by molar-refractivity contribution is 9.10. The Morgan fingerprint density at radius 3 is 2.62 bits per heavy atom. The van der Waals surface area contributed by atoms with E-state index in [0.717, 1.165) is 17.0 Å². The zero-order valence-electron chi connectivity index (χ0n) is 13.3. The number of piperidine rings is 1. The molecule has 117 valence electrons. The van der Waals surface area contributed by atoms with Gasteiger partial charge in [-0.15, -0.1) is 0 Å². The first-order valence-electron chi connectivity index (χ1n) is 7.97. The van der Waals surface area contributed by atoms with Crippen LogP contribution in [0.1, 0.15) is 38.7 Å². The maximum absolute atomic E-state index is 5.85. The second-order valence-corrected chi connectivity index (χ2v) is 7.21. The molecule has 0 amide bonds. The van der Waals surface area contributed by atoms with Crippen LogP contribution < -0.4 is 0 Å². The lowest BCUT2D eigenvalue weighted by molar-refractivity contribution is 0.0917. The van der Waals surface area contributed by atoms with Gasteiger partial charge in [0, 0.05) is 17.6 Å². The van der Waals surface area contributed by atoms with Crippen molar-refractivity contribution in [2.24, 2.45) is 5.92 Å². The van der Waals surface area contributed by atoms with Gasteiger partial charge < -0.3 is 9.64 Å². The highest BCUT2D eigenvalue weighted by Gasteiger charge is 2.19. The highest BCUT2D eigenvalue weighted by atomic mass is 79.9. The number of rotatable bonds is 7. The molecule has 1 aromatic rings. The molecular weight excluding hydrogens is 326 g/mol. The number of benzene rings is 1. The van der Waals surface area contributed by atoms with Crippen LogP contribution in [0.15, 0.2) is 28.7 Å². The summed E-state index contributed by atoms with van der Waals surface area (Å²) in [4.78, 5) is 2.58. The summed E-state index contributed by atoms with van der Waals surface area (Å²) in [6.07, 6.45) is 3.85. The number of halogens is 1. The highest BCUT2D eigenvalue weighted by Crippen LogP contribution is 2.22. The van der Waals surface area contributed by atoms with E-state index in [1.807, 2.05) is 6.07 Å². The van der Waals surface area contributed by atoms with Gasteiger partial charge in [-0.25, -0.2) is 0 Å². The molecule has 0 N–H and O–H groups in total. The monoisotopic (exact) mass is 352 g/mol. The van der Waals surface area contributed by atoms with Gasteiger partial charge in [0.2, 0.25) is 0 Å². The van der Waals surface area contributed by atoms with Crippen LogP contribution in [0, 0.1) is 11.8 Å². The van der Waals surface area contributed by atoms with Gasteiger partial charge in [-0.1, -0.05) is 48.0 Å². The summed E-state index contributed by atoms with van der Waals surface area (Å²) >= 11 is 3.56. The Kier molecular flexibility index (Phi) is 7.21. The first-order valence-corrected chi connectivity index (χ1v) is 8.77. The van der Waals surface area contributed by atoms with Crippen molar-refractivity contribution in [2.75, 3.05) is 26.2 Å². The molecule has 2 nitrogen and oxygen atoms in total. The molecule has 0 bridgehead atoms. The van der Waals surface area contributed by atoms with Crippen molar-refractivity contribution in [3.8, 4) is 0 Å². The van der Waals surface area contributed by atoms with E-state index >= 15 is 0 Å². The van der Waals surface area contributed by atoms with E-state index in [4.69, 9.17) is 4.74 Å². The van der Waals surface area contributed by atoms with Crippen LogP contribution >= 0.6 is 15.9 Å². The van der Waals surface area contributed by atoms with Crippen LogP contribution in [-0.2, 0) is 11.3 Å². The summed E-state index contributed by atoms with van der Waals surface area (Å²) in [5.74, 6) is 2.36. The lowest BCUT2D eigenvalue weighted by atomic mass is 9.93. The average molecular weight is 353 g/mol. The van der Waals surface area contributed by atoms with E-state index < -0.39 is 0 Å². The topological polar surface area (TPSA) is 12.5 Å². The van der Waals surface area contributed by atoms with Crippen LogP contribution in [-0.4, -0.2) is 31.1 Å². The SMILES string of the molecule is C[C](C)CN1CCC(CCOCc2ccccc2Br)CC1. The smallest absolute Gasteiger partial charge is 0.0727 e. The Morgan fingerprint density at radius 1 is 1.24 bits per heavy atom. The number of nitrogens with zero attached hydrogens (tertiary/aromatic N) is 1. The second kappa shape index (κ2) is 8.92. The summed E-state index contributed by atoms with van der Waals surface area (Å²) in [7, 11) is 0. The summed E-state index contributed by atoms with van der Waals surface area (Å²) in [6.45, 7) is 9.71. The Balaban J connectivity index is 1.59. The van der Waals surface area contributed by atoms with Crippen LogP contribution in [0.5, 0.6) is 0 Å². The number of ether oxygens (including phenoxy) is 1. The van der Waals surface area contributed by atoms with Gasteiger partial charge in [-0.2, -0.15) is 0 Å². The van der Waals surface area contributed by atoms with Crippen molar-refractivity contribution in [3.63, 3.8) is 0 Å². The van der Waals surface area contributed by atoms with E-state index in [-0.39, 0.29) is 0 Å². The van der Waals surface area contributed by atoms with E-state index in [1.54, 1.807) is 0 Å². The summed E-state index contributed by atoms with van der Waals surface area (Å²) < 4.78 is 6.99. The van der Waals surface area contributed by atoms with E-state index in [1.165, 1.54) is 50.4 Å². The van der Waals surface area contributed by atoms with Gasteiger partial charge in [0.1, 0.15) is 0 Å². The van der Waals surface area contributed by atoms with Gasteiger partial charge in [0.15, 0.2) is 0 Å². The maximum Gasteiger partial charge on any atom is 0.0727 e. The Morgan fingerprint density at radius 2 is 1.95 bits per heavy atom. The fourth-order valence-corrected chi connectivity index (χ4v) is 3.33. The van der Waals surface area contributed by atoms with Crippen molar-refractivity contribution in [2.45, 2.75) is 39.7 Å². The molecule has 1 aromatic carbocycles. The molecule has 1 saturated heterocycles. The Labute approximate surface area is 138 Å². The minimum Gasteiger partial charge on any atom is -0.377 e. The first kappa shape index (κ1) is 17.0. The molecule has 0 unspecified atom stereocenters. The largest absolute Gasteiger partial charge is 0.377 e.